The van der Waals surface area contributed by atoms with Crippen LogP contribution >= 0.6 is 0 Å². The first-order valence-electron chi connectivity index (χ1n) is 13.2. The van der Waals surface area contributed by atoms with Crippen LogP contribution in [0.5, 0.6) is 0 Å². The van der Waals surface area contributed by atoms with E-state index in [9.17, 15) is 9.90 Å². The van der Waals surface area contributed by atoms with E-state index in [0.717, 1.165) is 55.6 Å². The second-order valence-electron chi connectivity index (χ2n) is 9.92. The minimum Gasteiger partial charge on any atom is -0.392 e. The lowest BCUT2D eigenvalue weighted by Crippen LogP contribution is -2.42. The lowest BCUT2D eigenvalue weighted by Gasteiger charge is -2.39. The van der Waals surface area contributed by atoms with Crippen molar-refractivity contribution in [1.82, 2.24) is 9.88 Å². The zero-order valence-electron chi connectivity index (χ0n) is 21.7. The Kier molecular flexibility index (Phi) is 8.78. The molecule has 200 valence electrons. The van der Waals surface area contributed by atoms with Crippen LogP contribution in [-0.4, -0.2) is 59.8 Å². The highest BCUT2D eigenvalue weighted by Crippen LogP contribution is 2.39. The number of methoxy groups -OCH3 is 1. The molecular weight excluding hydrogens is 482 g/mol. The lowest BCUT2D eigenvalue weighted by atomic mass is 9.99. The third-order valence-corrected chi connectivity index (χ3v) is 7.25. The maximum Gasteiger partial charge on any atom is 0.257 e. The summed E-state index contributed by atoms with van der Waals surface area (Å²) >= 11 is 0. The van der Waals surface area contributed by atoms with Crippen LogP contribution in [0.3, 0.4) is 0 Å². The van der Waals surface area contributed by atoms with Crippen LogP contribution in [0.15, 0.2) is 73.1 Å². The molecule has 38 heavy (non-hydrogen) atoms. The Morgan fingerprint density at radius 2 is 2.00 bits per heavy atom. The fourth-order valence-corrected chi connectivity index (χ4v) is 5.27. The van der Waals surface area contributed by atoms with Crippen LogP contribution in [0.4, 0.5) is 5.69 Å². The maximum absolute atomic E-state index is 12.7. The van der Waals surface area contributed by atoms with Crippen molar-refractivity contribution < 1.29 is 24.1 Å². The maximum atomic E-state index is 12.7. The SMILES string of the molecule is COC[C@@H]1CCCN1C[C@H]1C[C@@H](c2ccc(CO)cc2)O[C@@H](c2cccc(NC(=O)c3cccnc3)c2)O1. The second-order valence-corrected chi connectivity index (χ2v) is 9.92. The Balaban J connectivity index is 1.35. The Hall–Kier alpha value is -3.14. The first-order chi connectivity index (χ1) is 18.6. The Morgan fingerprint density at radius 3 is 2.76 bits per heavy atom. The van der Waals surface area contributed by atoms with E-state index in [0.29, 0.717) is 17.3 Å². The van der Waals surface area contributed by atoms with E-state index in [1.54, 1.807) is 31.6 Å². The number of carbonyl (C=O) groups is 1. The van der Waals surface area contributed by atoms with Gasteiger partial charge in [-0.3, -0.25) is 14.7 Å². The van der Waals surface area contributed by atoms with Crippen molar-refractivity contribution in [3.63, 3.8) is 0 Å². The van der Waals surface area contributed by atoms with Crippen LogP contribution in [0.2, 0.25) is 0 Å². The van der Waals surface area contributed by atoms with Crippen molar-refractivity contribution in [3.05, 3.63) is 95.3 Å². The highest BCUT2D eigenvalue weighted by molar-refractivity contribution is 6.04. The molecule has 2 fully saturated rings. The summed E-state index contributed by atoms with van der Waals surface area (Å²) in [6, 6.07) is 19.4. The summed E-state index contributed by atoms with van der Waals surface area (Å²) in [6.07, 6.45) is 5.40. The molecule has 3 heterocycles. The number of nitrogens with zero attached hydrogens (tertiary/aromatic N) is 2. The molecule has 8 nitrogen and oxygen atoms in total. The number of ether oxygens (including phenoxy) is 3. The van der Waals surface area contributed by atoms with Gasteiger partial charge in [-0.15, -0.1) is 0 Å². The molecular formula is C30H35N3O5. The van der Waals surface area contributed by atoms with Crippen molar-refractivity contribution in [2.24, 2.45) is 0 Å². The number of benzene rings is 2. The van der Waals surface area contributed by atoms with E-state index in [2.05, 4.69) is 15.2 Å². The van der Waals surface area contributed by atoms with Crippen molar-refractivity contribution in [2.45, 2.75) is 50.4 Å². The summed E-state index contributed by atoms with van der Waals surface area (Å²) in [5.41, 5.74) is 3.91. The van der Waals surface area contributed by atoms with Gasteiger partial charge < -0.3 is 24.6 Å². The van der Waals surface area contributed by atoms with Gasteiger partial charge in [-0.2, -0.15) is 0 Å². The molecule has 0 spiro atoms. The van der Waals surface area contributed by atoms with Crippen molar-refractivity contribution in [1.29, 1.82) is 0 Å². The fourth-order valence-electron chi connectivity index (χ4n) is 5.27. The van der Waals surface area contributed by atoms with Gasteiger partial charge in [0.05, 0.1) is 31.0 Å². The van der Waals surface area contributed by atoms with Gasteiger partial charge in [0.1, 0.15) is 0 Å². The molecule has 0 unspecified atom stereocenters. The predicted molar refractivity (Wildman–Crippen MR) is 144 cm³/mol. The van der Waals surface area contributed by atoms with E-state index < -0.39 is 6.29 Å². The van der Waals surface area contributed by atoms with Gasteiger partial charge in [-0.25, -0.2) is 0 Å². The number of nitrogens with one attached hydrogen (secondary N) is 1. The minimum absolute atomic E-state index is 0.00751. The van der Waals surface area contributed by atoms with Gasteiger partial charge in [0, 0.05) is 49.8 Å². The molecule has 2 saturated heterocycles. The molecule has 0 radical (unpaired) electrons. The normalized spacial score (nSPS) is 23.8. The molecule has 2 aliphatic rings. The number of amides is 1. The Labute approximate surface area is 223 Å². The topological polar surface area (TPSA) is 93.2 Å². The van der Waals surface area contributed by atoms with Crippen LogP contribution in [-0.2, 0) is 20.8 Å². The smallest absolute Gasteiger partial charge is 0.257 e. The number of pyridine rings is 1. The third kappa shape index (κ3) is 6.46. The number of likely N-dealkylation sites (tertiary alicyclic amines) is 1. The number of aliphatic hydroxyl groups is 1. The summed E-state index contributed by atoms with van der Waals surface area (Å²) < 4.78 is 18.5. The van der Waals surface area contributed by atoms with Gasteiger partial charge in [-0.05, 0) is 54.8 Å². The highest BCUT2D eigenvalue weighted by Gasteiger charge is 2.35. The van der Waals surface area contributed by atoms with Crippen molar-refractivity contribution in [3.8, 4) is 0 Å². The molecule has 8 heteroatoms. The Bertz CT molecular complexity index is 1190. The first kappa shape index (κ1) is 26.5. The van der Waals surface area contributed by atoms with Gasteiger partial charge in [0.25, 0.3) is 5.91 Å². The largest absolute Gasteiger partial charge is 0.392 e. The quantitative estimate of drug-likeness (QED) is 0.432. The molecule has 0 saturated carbocycles. The number of hydrogen-bond acceptors (Lipinski definition) is 7. The van der Waals surface area contributed by atoms with Gasteiger partial charge in [0.15, 0.2) is 6.29 Å². The average molecular weight is 518 g/mol. The summed E-state index contributed by atoms with van der Waals surface area (Å²) in [6.45, 7) is 2.56. The first-order valence-corrected chi connectivity index (χ1v) is 13.2. The van der Waals surface area contributed by atoms with Crippen molar-refractivity contribution in [2.75, 3.05) is 32.1 Å². The molecule has 2 aliphatic heterocycles. The van der Waals surface area contributed by atoms with Crippen LogP contribution in [0, 0.1) is 0 Å². The number of aliphatic hydroxyl groups excluding tert-OH is 1. The summed E-state index contributed by atoms with van der Waals surface area (Å²) in [5.74, 6) is -0.223. The van der Waals surface area contributed by atoms with Crippen LogP contribution < -0.4 is 5.32 Å². The molecule has 2 aromatic carbocycles. The standard InChI is InChI=1S/C30H35N3O5/c1-36-20-26-8-4-14-33(26)18-27-16-28(22-11-9-21(19-34)10-12-22)38-30(37-27)23-5-2-7-25(15-23)32-29(35)24-6-3-13-31-17-24/h2-3,5-7,9-13,15,17,26-28,30,34H,4,8,14,16,18-20H2,1H3,(H,32,35)/t26-,27+,28-,30-/m0/s1. The van der Waals surface area contributed by atoms with E-state index in [4.69, 9.17) is 14.2 Å². The number of rotatable bonds is 9. The highest BCUT2D eigenvalue weighted by atomic mass is 16.7. The van der Waals surface area contributed by atoms with Gasteiger partial charge >= 0.3 is 0 Å². The molecule has 1 amide bonds. The molecule has 2 N–H and O–H groups in total. The molecule has 0 bridgehead atoms. The van der Waals surface area contributed by atoms with E-state index in [-0.39, 0.29) is 24.7 Å². The monoisotopic (exact) mass is 517 g/mol. The molecule has 1 aromatic heterocycles. The third-order valence-electron chi connectivity index (χ3n) is 7.25. The summed E-state index contributed by atoms with van der Waals surface area (Å²) in [7, 11) is 1.75. The minimum atomic E-state index is -0.588. The summed E-state index contributed by atoms with van der Waals surface area (Å²) in [4.78, 5) is 19.2. The van der Waals surface area contributed by atoms with E-state index in [1.165, 1.54) is 0 Å². The molecule has 3 aromatic rings. The summed E-state index contributed by atoms with van der Waals surface area (Å²) in [5, 5.41) is 12.4. The van der Waals surface area contributed by atoms with Gasteiger partial charge in [-0.1, -0.05) is 36.4 Å². The zero-order valence-corrected chi connectivity index (χ0v) is 21.7. The van der Waals surface area contributed by atoms with Crippen LogP contribution in [0.1, 0.15) is 58.7 Å². The number of aromatic nitrogens is 1. The molecule has 4 atom stereocenters. The lowest BCUT2D eigenvalue weighted by molar-refractivity contribution is -0.253. The van der Waals surface area contributed by atoms with Crippen LogP contribution in [0.25, 0.3) is 0 Å². The number of hydrogen-bond donors (Lipinski definition) is 2. The zero-order chi connectivity index (χ0) is 26.3. The molecule has 0 aliphatic carbocycles. The number of carbonyl (C=O) groups excluding carboxylic acids is 1. The fraction of sp³-hybridized carbons (Fsp3) is 0.400. The number of anilines is 1. The second kappa shape index (κ2) is 12.6. The predicted octanol–water partition coefficient (Wildman–Crippen LogP) is 4.48. The average Bonchev–Trinajstić information content (AvgIpc) is 3.40. The Morgan fingerprint density at radius 1 is 1.13 bits per heavy atom. The van der Waals surface area contributed by atoms with E-state index >= 15 is 0 Å². The van der Waals surface area contributed by atoms with Gasteiger partial charge in [0.2, 0.25) is 0 Å². The molecule has 5 rings (SSSR count). The van der Waals surface area contributed by atoms with Crippen molar-refractivity contribution >= 4 is 11.6 Å². The van der Waals surface area contributed by atoms with E-state index in [1.807, 2.05) is 48.5 Å².